The molecule has 0 saturated carbocycles. The molecule has 0 atom stereocenters. The average molecular weight is 348 g/mol. The summed E-state index contributed by atoms with van der Waals surface area (Å²) >= 11 is 0. The third-order valence-corrected chi connectivity index (χ3v) is 5.21. The highest BCUT2D eigenvalue weighted by molar-refractivity contribution is 7.91. The number of aromatic nitrogens is 1. The molecule has 2 aromatic rings. The molecule has 0 saturated heterocycles. The van der Waals surface area contributed by atoms with Crippen molar-refractivity contribution in [1.29, 1.82) is 0 Å². The molecule has 0 fully saturated rings. The third kappa shape index (κ3) is 5.06. The highest BCUT2D eigenvalue weighted by Crippen LogP contribution is 2.13. The summed E-state index contributed by atoms with van der Waals surface area (Å²) in [6.07, 6.45) is 1.52. The summed E-state index contributed by atoms with van der Waals surface area (Å²) in [6.45, 7) is 2.18. The molecular weight excluding hydrogens is 328 g/mol. The molecule has 1 aromatic heterocycles. The van der Waals surface area contributed by atoms with Crippen molar-refractivity contribution in [3.63, 3.8) is 0 Å². The molecule has 0 bridgehead atoms. The molecule has 0 aliphatic heterocycles. The van der Waals surface area contributed by atoms with E-state index >= 15 is 0 Å². The first kappa shape index (κ1) is 17.9. The van der Waals surface area contributed by atoms with Gasteiger partial charge >= 0.3 is 0 Å². The fraction of sp³-hybridized carbons (Fsp3) is 0.294. The Labute approximate surface area is 141 Å². The molecule has 0 aliphatic carbocycles. The van der Waals surface area contributed by atoms with Crippen LogP contribution in [0.15, 0.2) is 47.5 Å². The van der Waals surface area contributed by atoms with Crippen LogP contribution in [0.1, 0.15) is 17.5 Å². The SMILES string of the molecule is COc1ccc(CNC(=O)CCS(=O)(=O)c2ccc(C)cc2)cn1. The Morgan fingerprint density at radius 2 is 1.88 bits per heavy atom. The topological polar surface area (TPSA) is 85.4 Å². The van der Waals surface area contributed by atoms with Gasteiger partial charge in [-0.15, -0.1) is 0 Å². The standard InChI is InChI=1S/C17H20N2O4S/c1-13-3-6-15(7-4-13)24(21,22)10-9-16(20)18-11-14-5-8-17(23-2)19-12-14/h3-8,12H,9-11H2,1-2H3,(H,18,20). The number of hydrogen-bond donors (Lipinski definition) is 1. The first-order valence-electron chi connectivity index (χ1n) is 7.46. The summed E-state index contributed by atoms with van der Waals surface area (Å²) in [7, 11) is -1.93. The zero-order valence-electron chi connectivity index (χ0n) is 13.7. The van der Waals surface area contributed by atoms with Gasteiger partial charge in [-0.1, -0.05) is 23.8 Å². The Hall–Kier alpha value is -2.41. The highest BCUT2D eigenvalue weighted by atomic mass is 32.2. The van der Waals surface area contributed by atoms with Crippen LogP contribution in [0.5, 0.6) is 5.88 Å². The van der Waals surface area contributed by atoms with Gasteiger partial charge < -0.3 is 10.1 Å². The van der Waals surface area contributed by atoms with E-state index in [4.69, 9.17) is 4.74 Å². The number of aryl methyl sites for hydroxylation is 1. The van der Waals surface area contributed by atoms with E-state index in [1.807, 2.05) is 6.92 Å². The van der Waals surface area contributed by atoms with E-state index in [-0.39, 0.29) is 23.0 Å². The molecule has 1 amide bonds. The molecule has 2 rings (SSSR count). The molecule has 7 heteroatoms. The number of nitrogens with zero attached hydrogens (tertiary/aromatic N) is 1. The second kappa shape index (κ2) is 7.92. The smallest absolute Gasteiger partial charge is 0.221 e. The van der Waals surface area contributed by atoms with Crippen molar-refractivity contribution in [2.45, 2.75) is 24.8 Å². The lowest BCUT2D eigenvalue weighted by Gasteiger charge is -2.07. The molecule has 24 heavy (non-hydrogen) atoms. The van der Waals surface area contributed by atoms with Gasteiger partial charge in [-0.05, 0) is 24.6 Å². The predicted octanol–water partition coefficient (Wildman–Crippen LogP) is 1.88. The highest BCUT2D eigenvalue weighted by Gasteiger charge is 2.16. The van der Waals surface area contributed by atoms with Gasteiger partial charge in [-0.2, -0.15) is 0 Å². The molecule has 0 unspecified atom stereocenters. The lowest BCUT2D eigenvalue weighted by Crippen LogP contribution is -2.25. The van der Waals surface area contributed by atoms with Crippen molar-refractivity contribution < 1.29 is 17.9 Å². The lowest BCUT2D eigenvalue weighted by atomic mass is 10.2. The molecule has 0 aliphatic rings. The van der Waals surface area contributed by atoms with Crippen molar-refractivity contribution in [2.24, 2.45) is 0 Å². The van der Waals surface area contributed by atoms with Gasteiger partial charge in [0.1, 0.15) is 0 Å². The maximum absolute atomic E-state index is 12.2. The number of carbonyl (C=O) groups is 1. The fourth-order valence-corrected chi connectivity index (χ4v) is 3.26. The zero-order valence-corrected chi connectivity index (χ0v) is 14.5. The van der Waals surface area contributed by atoms with Crippen LogP contribution in [0, 0.1) is 6.92 Å². The largest absolute Gasteiger partial charge is 0.481 e. The van der Waals surface area contributed by atoms with E-state index in [0.717, 1.165) is 11.1 Å². The van der Waals surface area contributed by atoms with Gasteiger partial charge in [0.2, 0.25) is 11.8 Å². The Balaban J connectivity index is 1.84. The number of sulfone groups is 1. The summed E-state index contributed by atoms with van der Waals surface area (Å²) in [4.78, 5) is 16.1. The summed E-state index contributed by atoms with van der Waals surface area (Å²) in [5.74, 6) is -0.0428. The number of benzene rings is 1. The lowest BCUT2D eigenvalue weighted by molar-refractivity contribution is -0.120. The number of methoxy groups -OCH3 is 1. The van der Waals surface area contributed by atoms with Gasteiger partial charge in [-0.3, -0.25) is 4.79 Å². The minimum atomic E-state index is -3.45. The van der Waals surface area contributed by atoms with Crippen LogP contribution in [0.2, 0.25) is 0 Å². The maximum Gasteiger partial charge on any atom is 0.221 e. The first-order chi connectivity index (χ1) is 11.4. The molecule has 128 valence electrons. The quantitative estimate of drug-likeness (QED) is 0.826. The van der Waals surface area contributed by atoms with Crippen LogP contribution in [0.25, 0.3) is 0 Å². The number of pyridine rings is 1. The number of hydrogen-bond acceptors (Lipinski definition) is 5. The number of rotatable bonds is 7. The number of carbonyl (C=O) groups excluding carboxylic acids is 1. The van der Waals surface area contributed by atoms with E-state index in [1.54, 1.807) is 42.6 Å². The second-order valence-electron chi connectivity index (χ2n) is 5.37. The number of nitrogens with one attached hydrogen (secondary N) is 1. The monoisotopic (exact) mass is 348 g/mol. The Bertz CT molecular complexity index is 784. The third-order valence-electron chi connectivity index (χ3n) is 3.47. The summed E-state index contributed by atoms with van der Waals surface area (Å²) in [5, 5.41) is 2.69. The van der Waals surface area contributed by atoms with E-state index in [0.29, 0.717) is 12.4 Å². The van der Waals surface area contributed by atoms with Crippen molar-refractivity contribution in [1.82, 2.24) is 10.3 Å². The molecule has 1 heterocycles. The van der Waals surface area contributed by atoms with Gasteiger partial charge in [0.05, 0.1) is 17.8 Å². The van der Waals surface area contributed by atoms with Crippen molar-refractivity contribution in [2.75, 3.05) is 12.9 Å². The second-order valence-corrected chi connectivity index (χ2v) is 7.48. The first-order valence-corrected chi connectivity index (χ1v) is 9.11. The average Bonchev–Trinajstić information content (AvgIpc) is 2.59. The van der Waals surface area contributed by atoms with E-state index in [2.05, 4.69) is 10.3 Å². The molecule has 0 spiro atoms. The minimum absolute atomic E-state index is 0.0835. The Kier molecular flexibility index (Phi) is 5.92. The fourth-order valence-electron chi connectivity index (χ4n) is 2.02. The van der Waals surface area contributed by atoms with Gasteiger partial charge in [0.25, 0.3) is 0 Å². The minimum Gasteiger partial charge on any atom is -0.481 e. The maximum atomic E-state index is 12.2. The predicted molar refractivity (Wildman–Crippen MR) is 90.5 cm³/mol. The Morgan fingerprint density at radius 1 is 1.17 bits per heavy atom. The van der Waals surface area contributed by atoms with Gasteiger partial charge in [-0.25, -0.2) is 13.4 Å². The molecule has 0 radical (unpaired) electrons. The van der Waals surface area contributed by atoms with Crippen LogP contribution >= 0.6 is 0 Å². The van der Waals surface area contributed by atoms with E-state index < -0.39 is 9.84 Å². The summed E-state index contributed by atoms with van der Waals surface area (Å²) < 4.78 is 29.3. The van der Waals surface area contributed by atoms with Crippen LogP contribution in [0.3, 0.4) is 0 Å². The zero-order chi connectivity index (χ0) is 17.6. The van der Waals surface area contributed by atoms with Crippen LogP contribution in [-0.4, -0.2) is 32.2 Å². The number of ether oxygens (including phenoxy) is 1. The molecule has 6 nitrogen and oxygen atoms in total. The van der Waals surface area contributed by atoms with Crippen molar-refractivity contribution in [3.05, 3.63) is 53.7 Å². The van der Waals surface area contributed by atoms with Gasteiger partial charge in [0, 0.05) is 25.2 Å². The van der Waals surface area contributed by atoms with Gasteiger partial charge in [0.15, 0.2) is 9.84 Å². The molecular formula is C17H20N2O4S. The normalized spacial score (nSPS) is 11.1. The summed E-state index contributed by atoms with van der Waals surface area (Å²) in [5.41, 5.74) is 1.80. The van der Waals surface area contributed by atoms with Crippen LogP contribution in [0.4, 0.5) is 0 Å². The van der Waals surface area contributed by atoms with E-state index in [1.165, 1.54) is 7.11 Å². The molecule has 1 aromatic carbocycles. The van der Waals surface area contributed by atoms with Crippen LogP contribution in [-0.2, 0) is 21.2 Å². The van der Waals surface area contributed by atoms with E-state index in [9.17, 15) is 13.2 Å². The summed E-state index contributed by atoms with van der Waals surface area (Å²) in [6, 6.07) is 10.1. The number of amides is 1. The Morgan fingerprint density at radius 3 is 2.46 bits per heavy atom. The molecule has 1 N–H and O–H groups in total. The van der Waals surface area contributed by atoms with Crippen LogP contribution < -0.4 is 10.1 Å². The van der Waals surface area contributed by atoms with Crippen molar-refractivity contribution in [3.8, 4) is 5.88 Å². The van der Waals surface area contributed by atoms with Crippen molar-refractivity contribution >= 4 is 15.7 Å².